The van der Waals surface area contributed by atoms with Gasteiger partial charge >= 0.3 is 12.1 Å². The molecule has 6 nitrogen and oxygen atoms in total. The molecule has 11 heteroatoms. The molecule has 166 valence electrons. The lowest BCUT2D eigenvalue weighted by molar-refractivity contribution is -0.157. The molecule has 0 spiro atoms. The zero-order valence-electron chi connectivity index (χ0n) is 16.1. The van der Waals surface area contributed by atoms with Crippen molar-refractivity contribution in [3.8, 4) is 0 Å². The largest absolute Gasteiger partial charge is 0.464 e. The summed E-state index contributed by atoms with van der Waals surface area (Å²) in [6, 6.07) is 1.31. The van der Waals surface area contributed by atoms with E-state index in [1.54, 1.807) is 0 Å². The zero-order valence-corrected chi connectivity index (χ0v) is 16.1. The van der Waals surface area contributed by atoms with Crippen LogP contribution in [0.3, 0.4) is 0 Å². The first-order chi connectivity index (χ1) is 13.9. The van der Waals surface area contributed by atoms with Gasteiger partial charge in [-0.1, -0.05) is 6.07 Å². The molecule has 1 saturated carbocycles. The molecule has 1 amide bonds. The van der Waals surface area contributed by atoms with E-state index in [4.69, 9.17) is 15.2 Å². The third-order valence-electron chi connectivity index (χ3n) is 5.32. The van der Waals surface area contributed by atoms with Crippen molar-refractivity contribution >= 4 is 11.9 Å². The van der Waals surface area contributed by atoms with E-state index in [0.29, 0.717) is 18.9 Å². The predicted octanol–water partition coefficient (Wildman–Crippen LogP) is 2.38. The average molecular weight is 436 g/mol. The van der Waals surface area contributed by atoms with Crippen LogP contribution >= 0.6 is 0 Å². The Hall–Kier alpha value is -2.27. The van der Waals surface area contributed by atoms with E-state index in [1.807, 2.05) is 0 Å². The van der Waals surface area contributed by atoms with E-state index in [1.165, 1.54) is 11.8 Å². The van der Waals surface area contributed by atoms with Gasteiger partial charge in [0, 0.05) is 31.5 Å². The summed E-state index contributed by atoms with van der Waals surface area (Å²) in [5, 5.41) is 0. The van der Waals surface area contributed by atoms with Gasteiger partial charge in [-0.3, -0.25) is 9.59 Å². The van der Waals surface area contributed by atoms with Crippen molar-refractivity contribution in [2.45, 2.75) is 44.2 Å². The van der Waals surface area contributed by atoms with Crippen molar-refractivity contribution in [3.63, 3.8) is 0 Å². The summed E-state index contributed by atoms with van der Waals surface area (Å²) in [7, 11) is 0. The van der Waals surface area contributed by atoms with Crippen molar-refractivity contribution in [1.82, 2.24) is 4.90 Å². The molecule has 1 aliphatic carbocycles. The van der Waals surface area contributed by atoms with Gasteiger partial charge in [-0.25, -0.2) is 8.78 Å². The van der Waals surface area contributed by atoms with Gasteiger partial charge in [-0.05, 0) is 18.9 Å². The molecule has 1 aromatic carbocycles. The van der Waals surface area contributed by atoms with Crippen LogP contribution in [0, 0.1) is 17.6 Å². The molecular formula is C19H21F5N2O4. The fraction of sp³-hybridized carbons (Fsp3) is 0.579. The molecule has 2 fully saturated rings. The second kappa shape index (κ2) is 8.10. The monoisotopic (exact) mass is 436 g/mol. The van der Waals surface area contributed by atoms with Gasteiger partial charge in [0.2, 0.25) is 5.91 Å². The second-order valence-corrected chi connectivity index (χ2v) is 7.82. The van der Waals surface area contributed by atoms with E-state index >= 15 is 0 Å². The molecule has 30 heavy (non-hydrogen) atoms. The minimum atomic E-state index is -4.99. The van der Waals surface area contributed by atoms with Crippen LogP contribution < -0.4 is 5.73 Å². The molecule has 1 saturated heterocycles. The van der Waals surface area contributed by atoms with E-state index in [9.17, 15) is 31.5 Å². The van der Waals surface area contributed by atoms with Crippen LogP contribution in [0.25, 0.3) is 0 Å². The average Bonchev–Trinajstić information content (AvgIpc) is 2.58. The first-order valence-electron chi connectivity index (χ1n) is 9.26. The summed E-state index contributed by atoms with van der Waals surface area (Å²) >= 11 is 0. The number of halogens is 5. The number of benzene rings is 1. The first-order valence-corrected chi connectivity index (χ1v) is 9.26. The highest BCUT2D eigenvalue weighted by Gasteiger charge is 2.48. The summed E-state index contributed by atoms with van der Waals surface area (Å²) < 4.78 is 75.4. The molecule has 1 aromatic rings. The van der Waals surface area contributed by atoms with Crippen LogP contribution in [-0.4, -0.2) is 48.1 Å². The van der Waals surface area contributed by atoms with Crippen LogP contribution in [0.1, 0.15) is 30.9 Å². The Kier molecular flexibility index (Phi) is 6.06. The maximum absolute atomic E-state index is 13.9. The van der Waals surface area contributed by atoms with Crippen LogP contribution in [0.15, 0.2) is 12.1 Å². The number of hydrogen-bond acceptors (Lipinski definition) is 5. The molecule has 2 N–H and O–H groups in total. The van der Waals surface area contributed by atoms with Gasteiger partial charge in [0.15, 0.2) is 11.6 Å². The molecule has 1 heterocycles. The summed E-state index contributed by atoms with van der Waals surface area (Å²) in [5.41, 5.74) is 3.32. The Balaban J connectivity index is 1.43. The van der Waals surface area contributed by atoms with Crippen molar-refractivity contribution in [3.05, 3.63) is 34.9 Å². The Morgan fingerprint density at radius 1 is 1.20 bits per heavy atom. The number of hydrogen-bond donors (Lipinski definition) is 1. The number of alkyl halides is 3. The van der Waals surface area contributed by atoms with Crippen LogP contribution in [0.2, 0.25) is 0 Å². The summed E-state index contributed by atoms with van der Waals surface area (Å²) in [4.78, 5) is 24.8. The molecule has 0 unspecified atom stereocenters. The number of rotatable bonds is 6. The Bertz CT molecular complexity index is 833. The number of esters is 1. The van der Waals surface area contributed by atoms with Gasteiger partial charge in [-0.2, -0.15) is 13.2 Å². The Morgan fingerprint density at radius 2 is 1.83 bits per heavy atom. The number of likely N-dealkylation sites (tertiary alicyclic amines) is 1. The number of carbonyl (C=O) groups is 2. The smallest absolute Gasteiger partial charge is 0.419 e. The quantitative estimate of drug-likeness (QED) is 0.547. The summed E-state index contributed by atoms with van der Waals surface area (Å²) in [6.07, 6.45) is -4.64. The highest BCUT2D eigenvalue weighted by molar-refractivity contribution is 5.81. The minimum absolute atomic E-state index is 0.0487. The van der Waals surface area contributed by atoms with Gasteiger partial charge in [-0.15, -0.1) is 0 Å². The van der Waals surface area contributed by atoms with Gasteiger partial charge in [0.25, 0.3) is 0 Å². The first kappa shape index (κ1) is 22.4. The van der Waals surface area contributed by atoms with Crippen LogP contribution in [0.4, 0.5) is 22.0 Å². The standard InChI is InChI=1S/C19H21F5N2O4/c1-10(27)30-9-18(25)4-12(5-18)17(28)26-6-13(7-26)29-8-11-2-3-14(19(22,23)24)16(21)15(11)20/h2-3,12-13H,4-9,25H2,1H3. The third kappa shape index (κ3) is 4.72. The summed E-state index contributed by atoms with van der Waals surface area (Å²) in [6.45, 7) is 1.39. The lowest BCUT2D eigenvalue weighted by Gasteiger charge is -2.48. The highest BCUT2D eigenvalue weighted by Crippen LogP contribution is 2.38. The van der Waals surface area contributed by atoms with E-state index in [2.05, 4.69) is 0 Å². The number of nitrogens with zero attached hydrogens (tertiary/aromatic N) is 1. The third-order valence-corrected chi connectivity index (χ3v) is 5.32. The van der Waals surface area contributed by atoms with Crippen molar-refractivity contribution in [2.75, 3.05) is 19.7 Å². The van der Waals surface area contributed by atoms with Crippen LogP contribution in [0.5, 0.6) is 0 Å². The van der Waals surface area contributed by atoms with Gasteiger partial charge in [0.1, 0.15) is 6.61 Å². The Morgan fingerprint density at radius 3 is 2.40 bits per heavy atom. The molecule has 0 atom stereocenters. The van der Waals surface area contributed by atoms with Crippen LogP contribution in [-0.2, 0) is 31.8 Å². The van der Waals surface area contributed by atoms with E-state index in [0.717, 1.165) is 6.07 Å². The van der Waals surface area contributed by atoms with Gasteiger partial charge < -0.3 is 20.1 Å². The maximum atomic E-state index is 13.9. The number of carbonyl (C=O) groups excluding carboxylic acids is 2. The van der Waals surface area contributed by atoms with E-state index < -0.39 is 47.6 Å². The normalized spacial score (nSPS) is 24.2. The summed E-state index contributed by atoms with van der Waals surface area (Å²) in [5.74, 6) is -4.41. The number of ether oxygens (including phenoxy) is 2. The SMILES string of the molecule is CC(=O)OCC1(N)CC(C(=O)N2CC(OCc3ccc(C(F)(F)F)c(F)c3F)C2)C1. The van der Waals surface area contributed by atoms with E-state index in [-0.39, 0.29) is 37.1 Å². The highest BCUT2D eigenvalue weighted by atomic mass is 19.4. The fourth-order valence-corrected chi connectivity index (χ4v) is 3.57. The van der Waals surface area contributed by atoms with Crippen molar-refractivity contribution in [1.29, 1.82) is 0 Å². The molecular weight excluding hydrogens is 415 g/mol. The van der Waals surface area contributed by atoms with Crippen molar-refractivity contribution in [2.24, 2.45) is 11.7 Å². The van der Waals surface area contributed by atoms with Gasteiger partial charge in [0.05, 0.1) is 23.8 Å². The molecule has 2 aliphatic rings. The molecule has 0 bridgehead atoms. The minimum Gasteiger partial charge on any atom is -0.464 e. The lowest BCUT2D eigenvalue weighted by Crippen LogP contribution is -2.63. The number of nitrogens with two attached hydrogens (primary N) is 1. The fourth-order valence-electron chi connectivity index (χ4n) is 3.57. The predicted molar refractivity (Wildman–Crippen MR) is 92.8 cm³/mol. The number of amides is 1. The lowest BCUT2D eigenvalue weighted by atomic mass is 9.68. The molecule has 0 radical (unpaired) electrons. The second-order valence-electron chi connectivity index (χ2n) is 7.82. The maximum Gasteiger partial charge on any atom is 0.419 e. The zero-order chi connectivity index (χ0) is 22.3. The molecule has 0 aromatic heterocycles. The topological polar surface area (TPSA) is 81.9 Å². The Labute approximate surface area is 169 Å². The molecule has 3 rings (SSSR count). The van der Waals surface area contributed by atoms with Crippen molar-refractivity contribution < 1.29 is 41.0 Å². The molecule has 1 aliphatic heterocycles.